The van der Waals surface area contributed by atoms with E-state index in [-0.39, 0.29) is 23.6 Å². The molecule has 1 N–H and O–H groups in total. The van der Waals surface area contributed by atoms with Gasteiger partial charge in [0.2, 0.25) is 15.9 Å². The van der Waals surface area contributed by atoms with Crippen molar-refractivity contribution in [2.75, 3.05) is 20.2 Å². The molecule has 1 amide bonds. The van der Waals surface area contributed by atoms with Crippen LogP contribution in [0.25, 0.3) is 0 Å². The maximum Gasteiger partial charge on any atom is 0.223 e. The normalized spacial score (nSPS) is 16.4. The van der Waals surface area contributed by atoms with Crippen LogP contribution in [-0.2, 0) is 20.6 Å². The lowest BCUT2D eigenvalue weighted by molar-refractivity contribution is -0.126. The van der Waals surface area contributed by atoms with Crippen molar-refractivity contribution in [3.63, 3.8) is 0 Å². The van der Waals surface area contributed by atoms with Crippen molar-refractivity contribution in [2.45, 2.75) is 44.9 Å². The highest BCUT2D eigenvalue weighted by atomic mass is 35.5. The van der Waals surface area contributed by atoms with Gasteiger partial charge < -0.3 is 10.1 Å². The Labute approximate surface area is 206 Å². The van der Waals surface area contributed by atoms with Gasteiger partial charge in [-0.3, -0.25) is 4.79 Å². The van der Waals surface area contributed by atoms with Crippen LogP contribution in [-0.4, -0.2) is 38.8 Å². The first-order valence-corrected chi connectivity index (χ1v) is 13.4. The molecule has 0 spiro atoms. The summed E-state index contributed by atoms with van der Waals surface area (Å²) in [5.74, 6) is 0.375. The number of methoxy groups -OCH3 is 1. The Kier molecular flexibility index (Phi) is 8.67. The number of amides is 1. The molecule has 180 valence electrons. The van der Waals surface area contributed by atoms with Crippen molar-refractivity contribution in [2.24, 2.45) is 5.92 Å². The third-order valence-corrected chi connectivity index (χ3v) is 8.53. The number of carbonyl (C=O) groups is 1. The van der Waals surface area contributed by atoms with Gasteiger partial charge in [0.1, 0.15) is 5.75 Å². The minimum Gasteiger partial charge on any atom is -0.496 e. The van der Waals surface area contributed by atoms with Gasteiger partial charge in [-0.25, -0.2) is 12.7 Å². The SMILES string of the molecule is CCC(NC(=O)C1CCN(S(=O)(=O)Cc2ccc(Cl)cc2Cl)CC1)c1ccc(OC)c(C)c1. The smallest absolute Gasteiger partial charge is 0.223 e. The van der Waals surface area contributed by atoms with Crippen molar-refractivity contribution < 1.29 is 17.9 Å². The number of carbonyl (C=O) groups excluding carboxylic acids is 1. The molecule has 3 rings (SSSR count). The predicted octanol–water partition coefficient (Wildman–Crippen LogP) is 5.12. The Bertz CT molecular complexity index is 1100. The van der Waals surface area contributed by atoms with Gasteiger partial charge in [0, 0.05) is 29.1 Å². The van der Waals surface area contributed by atoms with Gasteiger partial charge in [-0.05, 0) is 61.1 Å². The number of halogens is 2. The van der Waals surface area contributed by atoms with Gasteiger partial charge in [0.05, 0.1) is 18.9 Å². The van der Waals surface area contributed by atoms with Crippen LogP contribution in [0.3, 0.4) is 0 Å². The summed E-state index contributed by atoms with van der Waals surface area (Å²) in [6, 6.07) is 10.6. The second kappa shape index (κ2) is 11.1. The van der Waals surface area contributed by atoms with E-state index in [1.165, 1.54) is 4.31 Å². The zero-order valence-electron chi connectivity index (χ0n) is 19.1. The maximum atomic E-state index is 12.9. The summed E-state index contributed by atoms with van der Waals surface area (Å²) in [6.45, 7) is 4.62. The third-order valence-electron chi connectivity index (χ3n) is 6.12. The molecule has 33 heavy (non-hydrogen) atoms. The molecular weight excluding hydrogens is 483 g/mol. The van der Waals surface area contributed by atoms with Crippen LogP contribution >= 0.6 is 23.2 Å². The highest BCUT2D eigenvalue weighted by molar-refractivity contribution is 7.88. The molecule has 2 aromatic rings. The summed E-state index contributed by atoms with van der Waals surface area (Å²) in [5, 5.41) is 3.94. The molecule has 0 radical (unpaired) electrons. The number of rotatable bonds is 8. The van der Waals surface area contributed by atoms with E-state index < -0.39 is 10.0 Å². The van der Waals surface area contributed by atoms with Crippen molar-refractivity contribution in [1.29, 1.82) is 0 Å². The fraction of sp³-hybridized carbons (Fsp3) is 0.458. The zero-order chi connectivity index (χ0) is 24.2. The maximum absolute atomic E-state index is 12.9. The lowest BCUT2D eigenvalue weighted by Gasteiger charge is -2.31. The molecule has 1 atom stereocenters. The van der Waals surface area contributed by atoms with Crippen molar-refractivity contribution in [3.8, 4) is 5.75 Å². The van der Waals surface area contributed by atoms with Gasteiger partial charge in [-0.15, -0.1) is 0 Å². The molecule has 2 aromatic carbocycles. The average Bonchev–Trinajstić information content (AvgIpc) is 2.79. The summed E-state index contributed by atoms with van der Waals surface area (Å²) in [7, 11) is -1.90. The van der Waals surface area contributed by atoms with Gasteiger partial charge in [0.25, 0.3) is 0 Å². The Morgan fingerprint density at radius 1 is 1.18 bits per heavy atom. The van der Waals surface area contributed by atoms with Crippen molar-refractivity contribution in [3.05, 3.63) is 63.1 Å². The van der Waals surface area contributed by atoms with Crippen LogP contribution in [0.2, 0.25) is 10.0 Å². The first-order chi connectivity index (χ1) is 15.6. The van der Waals surface area contributed by atoms with Crippen LogP contribution in [0.4, 0.5) is 0 Å². The highest BCUT2D eigenvalue weighted by Gasteiger charge is 2.32. The van der Waals surface area contributed by atoms with Crippen LogP contribution in [0.15, 0.2) is 36.4 Å². The van der Waals surface area contributed by atoms with Crippen molar-refractivity contribution >= 4 is 39.1 Å². The summed E-state index contributed by atoms with van der Waals surface area (Å²) in [6.07, 6.45) is 1.72. The van der Waals surface area contributed by atoms with Gasteiger partial charge in [-0.1, -0.05) is 48.3 Å². The predicted molar refractivity (Wildman–Crippen MR) is 132 cm³/mol. The number of aryl methyl sites for hydroxylation is 1. The lowest BCUT2D eigenvalue weighted by atomic mass is 9.95. The largest absolute Gasteiger partial charge is 0.496 e. The third kappa shape index (κ3) is 6.41. The molecule has 0 aromatic heterocycles. The number of ether oxygens (including phenoxy) is 1. The molecule has 0 bridgehead atoms. The van der Waals surface area contributed by atoms with Gasteiger partial charge >= 0.3 is 0 Å². The van der Waals surface area contributed by atoms with Crippen LogP contribution < -0.4 is 10.1 Å². The number of sulfonamides is 1. The van der Waals surface area contributed by atoms with E-state index in [1.54, 1.807) is 25.3 Å². The van der Waals surface area contributed by atoms with E-state index in [1.807, 2.05) is 32.0 Å². The molecular formula is C24H30Cl2N2O4S. The quantitative estimate of drug-likeness (QED) is 0.532. The van der Waals surface area contributed by atoms with Crippen LogP contribution in [0.1, 0.15) is 48.9 Å². The van der Waals surface area contributed by atoms with Crippen LogP contribution in [0, 0.1) is 12.8 Å². The summed E-state index contributed by atoms with van der Waals surface area (Å²) in [5.41, 5.74) is 2.56. The first-order valence-electron chi connectivity index (χ1n) is 11.0. The standard InChI is InChI=1S/C24H30Cl2N2O4S/c1-4-22(18-6-8-23(32-3)16(2)13-18)27-24(29)17-9-11-28(12-10-17)33(30,31)15-19-5-7-20(25)14-21(19)26/h5-8,13-14,17,22H,4,9-12,15H2,1-3H3,(H,27,29). The number of benzene rings is 2. The van der Waals surface area contributed by atoms with Crippen LogP contribution in [0.5, 0.6) is 5.75 Å². The average molecular weight is 513 g/mol. The van der Waals surface area contributed by atoms with E-state index in [9.17, 15) is 13.2 Å². The Balaban J connectivity index is 1.59. The van der Waals surface area contributed by atoms with E-state index in [4.69, 9.17) is 27.9 Å². The monoisotopic (exact) mass is 512 g/mol. The minimum atomic E-state index is -3.54. The molecule has 1 fully saturated rings. The number of piperidine rings is 1. The molecule has 0 saturated carbocycles. The highest BCUT2D eigenvalue weighted by Crippen LogP contribution is 2.28. The van der Waals surface area contributed by atoms with E-state index >= 15 is 0 Å². The van der Waals surface area contributed by atoms with E-state index in [0.717, 1.165) is 23.3 Å². The number of hydrogen-bond donors (Lipinski definition) is 1. The van der Waals surface area contributed by atoms with E-state index in [0.29, 0.717) is 41.5 Å². The second-order valence-corrected chi connectivity index (χ2v) is 11.2. The minimum absolute atomic E-state index is 0.0342. The fourth-order valence-corrected chi connectivity index (χ4v) is 6.30. The Morgan fingerprint density at radius 3 is 2.45 bits per heavy atom. The Hall–Kier alpha value is -1.80. The lowest BCUT2D eigenvalue weighted by Crippen LogP contribution is -2.44. The van der Waals surface area contributed by atoms with Gasteiger partial charge in [0.15, 0.2) is 0 Å². The molecule has 1 aliphatic rings. The molecule has 1 saturated heterocycles. The van der Waals surface area contributed by atoms with E-state index in [2.05, 4.69) is 5.32 Å². The molecule has 1 aliphatic heterocycles. The summed E-state index contributed by atoms with van der Waals surface area (Å²) < 4.78 is 32.5. The first kappa shape index (κ1) is 25.8. The number of nitrogens with one attached hydrogen (secondary N) is 1. The molecule has 9 heteroatoms. The summed E-state index contributed by atoms with van der Waals surface area (Å²) in [4.78, 5) is 12.9. The zero-order valence-corrected chi connectivity index (χ0v) is 21.4. The fourth-order valence-electron chi connectivity index (χ4n) is 4.15. The Morgan fingerprint density at radius 2 is 1.88 bits per heavy atom. The number of hydrogen-bond acceptors (Lipinski definition) is 4. The summed E-state index contributed by atoms with van der Waals surface area (Å²) >= 11 is 12.1. The molecule has 0 aliphatic carbocycles. The van der Waals surface area contributed by atoms with Gasteiger partial charge in [-0.2, -0.15) is 0 Å². The topological polar surface area (TPSA) is 75.7 Å². The van der Waals surface area contributed by atoms with Crippen molar-refractivity contribution in [1.82, 2.24) is 9.62 Å². The second-order valence-electron chi connectivity index (χ2n) is 8.36. The molecule has 6 nitrogen and oxygen atoms in total. The number of nitrogens with zero attached hydrogens (tertiary/aromatic N) is 1. The molecule has 1 unspecified atom stereocenters. The molecule has 1 heterocycles.